The van der Waals surface area contributed by atoms with Gasteiger partial charge in [-0.1, -0.05) is 0 Å². The lowest BCUT2D eigenvalue weighted by Gasteiger charge is -2.26. The van der Waals surface area contributed by atoms with E-state index in [0.29, 0.717) is 54.6 Å². The number of hydrogen-bond acceptors (Lipinski definition) is 5. The second kappa shape index (κ2) is 8.06. The van der Waals surface area contributed by atoms with Gasteiger partial charge in [-0.15, -0.1) is 0 Å². The van der Waals surface area contributed by atoms with Gasteiger partial charge >= 0.3 is 0 Å². The van der Waals surface area contributed by atoms with Crippen molar-refractivity contribution in [3.05, 3.63) is 53.3 Å². The van der Waals surface area contributed by atoms with Crippen LogP contribution in [0.3, 0.4) is 0 Å². The van der Waals surface area contributed by atoms with Crippen LogP contribution in [-0.2, 0) is 13.1 Å². The molecule has 8 nitrogen and oxygen atoms in total. The summed E-state index contributed by atoms with van der Waals surface area (Å²) in [6.07, 6.45) is 0. The van der Waals surface area contributed by atoms with Gasteiger partial charge in [0.2, 0.25) is 0 Å². The zero-order chi connectivity index (χ0) is 21.3. The normalized spacial score (nSPS) is 13.3. The van der Waals surface area contributed by atoms with E-state index in [1.807, 2.05) is 23.6 Å². The maximum atomic E-state index is 12.7. The van der Waals surface area contributed by atoms with Gasteiger partial charge in [0.05, 0.1) is 25.3 Å². The average molecular weight is 408 g/mol. The summed E-state index contributed by atoms with van der Waals surface area (Å²) < 4.78 is 12.5. The number of nitrogens with zero attached hydrogens (tertiary/aromatic N) is 3. The molecule has 1 aliphatic heterocycles. The molecule has 0 atom stereocenters. The van der Waals surface area contributed by atoms with Crippen molar-refractivity contribution < 1.29 is 19.1 Å². The molecule has 8 heteroatoms. The van der Waals surface area contributed by atoms with E-state index in [9.17, 15) is 9.59 Å². The highest BCUT2D eigenvalue weighted by Gasteiger charge is 2.27. The number of ether oxygens (including phenoxy) is 2. The second-order valence-electron chi connectivity index (χ2n) is 7.04. The maximum absolute atomic E-state index is 12.7. The van der Waals surface area contributed by atoms with Gasteiger partial charge in [0.15, 0.2) is 5.82 Å². The Morgan fingerprint density at radius 3 is 2.70 bits per heavy atom. The first-order chi connectivity index (χ1) is 14.5. The van der Waals surface area contributed by atoms with Crippen molar-refractivity contribution in [3.8, 4) is 11.5 Å². The van der Waals surface area contributed by atoms with Gasteiger partial charge < -0.3 is 24.3 Å². The molecule has 0 bridgehead atoms. The first kappa shape index (κ1) is 19.8. The summed E-state index contributed by atoms with van der Waals surface area (Å²) in [5, 5.41) is 2.91. The van der Waals surface area contributed by atoms with E-state index in [4.69, 9.17) is 9.47 Å². The van der Waals surface area contributed by atoms with Crippen LogP contribution < -0.4 is 14.8 Å². The molecule has 2 heterocycles. The van der Waals surface area contributed by atoms with E-state index >= 15 is 0 Å². The number of benzene rings is 2. The zero-order valence-corrected chi connectivity index (χ0v) is 17.3. The molecule has 2 aromatic carbocycles. The van der Waals surface area contributed by atoms with Crippen LogP contribution in [0.1, 0.15) is 33.5 Å². The molecule has 0 radical (unpaired) electrons. The molecular formula is C22H24N4O4. The summed E-state index contributed by atoms with van der Waals surface area (Å²) >= 11 is 0. The quantitative estimate of drug-likeness (QED) is 0.677. The molecule has 1 aromatic heterocycles. The molecular weight excluding hydrogens is 384 g/mol. The third-order valence-electron chi connectivity index (χ3n) is 5.39. The summed E-state index contributed by atoms with van der Waals surface area (Å²) in [7, 11) is 3.18. The lowest BCUT2D eigenvalue weighted by molar-refractivity contribution is 0.0709. The third-order valence-corrected chi connectivity index (χ3v) is 5.39. The monoisotopic (exact) mass is 408 g/mol. The van der Waals surface area contributed by atoms with Gasteiger partial charge in [0.1, 0.15) is 11.5 Å². The highest BCUT2D eigenvalue weighted by Crippen LogP contribution is 2.25. The molecule has 2 amide bonds. The van der Waals surface area contributed by atoms with Gasteiger partial charge in [-0.25, -0.2) is 4.98 Å². The van der Waals surface area contributed by atoms with E-state index in [1.165, 1.54) is 0 Å². The molecule has 156 valence electrons. The number of nitrogens with one attached hydrogen (secondary N) is 1. The van der Waals surface area contributed by atoms with Crippen LogP contribution in [0.5, 0.6) is 11.5 Å². The van der Waals surface area contributed by atoms with Crippen LogP contribution in [0.15, 0.2) is 36.4 Å². The van der Waals surface area contributed by atoms with E-state index in [0.717, 1.165) is 11.1 Å². The Morgan fingerprint density at radius 2 is 1.97 bits per heavy atom. The summed E-state index contributed by atoms with van der Waals surface area (Å²) in [6, 6.07) is 10.8. The van der Waals surface area contributed by atoms with Gasteiger partial charge in [-0.2, -0.15) is 0 Å². The van der Waals surface area contributed by atoms with Crippen LogP contribution in [0.2, 0.25) is 0 Å². The first-order valence-corrected chi connectivity index (χ1v) is 9.84. The number of fused-ring (bicyclic) bond motifs is 3. The summed E-state index contributed by atoms with van der Waals surface area (Å²) in [6.45, 7) is 4.27. The average Bonchev–Trinajstić information content (AvgIpc) is 3.16. The van der Waals surface area contributed by atoms with Crippen molar-refractivity contribution in [2.75, 3.05) is 27.3 Å². The number of carbonyl (C=O) groups excluding carboxylic acids is 2. The van der Waals surface area contributed by atoms with E-state index < -0.39 is 0 Å². The van der Waals surface area contributed by atoms with Crippen molar-refractivity contribution in [2.45, 2.75) is 20.0 Å². The second-order valence-corrected chi connectivity index (χ2v) is 7.04. The van der Waals surface area contributed by atoms with Crippen LogP contribution in [-0.4, -0.2) is 53.6 Å². The molecule has 0 aliphatic carbocycles. The minimum absolute atomic E-state index is 0.0731. The Kier molecular flexibility index (Phi) is 5.31. The van der Waals surface area contributed by atoms with E-state index in [2.05, 4.69) is 10.3 Å². The molecule has 30 heavy (non-hydrogen) atoms. The number of rotatable bonds is 6. The van der Waals surface area contributed by atoms with Crippen molar-refractivity contribution in [1.29, 1.82) is 0 Å². The fraction of sp³-hybridized carbons (Fsp3) is 0.318. The SMILES string of the molecule is CCN1CCn2c(nc3cc(C(=O)NCc4cc(OC)ccc4OC)ccc32)C1=O. The predicted octanol–water partition coefficient (Wildman–Crippen LogP) is 2.46. The zero-order valence-electron chi connectivity index (χ0n) is 17.3. The lowest BCUT2D eigenvalue weighted by atomic mass is 10.1. The smallest absolute Gasteiger partial charge is 0.289 e. The van der Waals surface area contributed by atoms with Gasteiger partial charge in [-0.3, -0.25) is 9.59 Å². The fourth-order valence-corrected chi connectivity index (χ4v) is 3.72. The molecule has 0 saturated heterocycles. The Balaban J connectivity index is 1.55. The summed E-state index contributed by atoms with van der Waals surface area (Å²) in [5.41, 5.74) is 2.80. The highest BCUT2D eigenvalue weighted by atomic mass is 16.5. The lowest BCUT2D eigenvalue weighted by Crippen LogP contribution is -2.40. The Hall–Kier alpha value is -3.55. The number of aromatic nitrogens is 2. The highest BCUT2D eigenvalue weighted by molar-refractivity contribution is 6.00. The van der Waals surface area contributed by atoms with Crippen molar-refractivity contribution in [1.82, 2.24) is 19.8 Å². The van der Waals surface area contributed by atoms with Gasteiger partial charge in [0, 0.05) is 37.3 Å². The largest absolute Gasteiger partial charge is 0.497 e. The standard InChI is InChI=1S/C22H24N4O4/c1-4-25-9-10-26-18-7-5-14(12-17(18)24-20(26)22(25)28)21(27)23-13-15-11-16(29-2)6-8-19(15)30-3/h5-8,11-12H,4,9-10,13H2,1-3H3,(H,23,27). The van der Waals surface area contributed by atoms with E-state index in [-0.39, 0.29) is 11.8 Å². The number of methoxy groups -OCH3 is 2. The third kappa shape index (κ3) is 3.45. The predicted molar refractivity (Wildman–Crippen MR) is 112 cm³/mol. The number of hydrogen-bond donors (Lipinski definition) is 1. The Labute approximate surface area is 174 Å². The number of imidazole rings is 1. The minimum Gasteiger partial charge on any atom is -0.497 e. The Morgan fingerprint density at radius 1 is 1.13 bits per heavy atom. The summed E-state index contributed by atoms with van der Waals surface area (Å²) in [4.78, 5) is 31.6. The van der Waals surface area contributed by atoms with Crippen LogP contribution in [0.25, 0.3) is 11.0 Å². The van der Waals surface area contributed by atoms with Crippen molar-refractivity contribution in [2.24, 2.45) is 0 Å². The van der Waals surface area contributed by atoms with Crippen LogP contribution in [0, 0.1) is 0 Å². The molecule has 1 N–H and O–H groups in total. The topological polar surface area (TPSA) is 85.7 Å². The number of carbonyl (C=O) groups is 2. The molecule has 0 saturated carbocycles. The molecule has 1 aliphatic rings. The van der Waals surface area contributed by atoms with Gasteiger partial charge in [-0.05, 0) is 43.3 Å². The maximum Gasteiger partial charge on any atom is 0.289 e. The first-order valence-electron chi connectivity index (χ1n) is 9.84. The molecule has 3 aromatic rings. The number of likely N-dealkylation sites (N-methyl/N-ethyl adjacent to an activating group) is 1. The van der Waals surface area contributed by atoms with Crippen molar-refractivity contribution >= 4 is 22.8 Å². The van der Waals surface area contributed by atoms with Crippen LogP contribution >= 0.6 is 0 Å². The molecule has 0 fully saturated rings. The summed E-state index contributed by atoms with van der Waals surface area (Å²) in [5.74, 6) is 1.49. The molecule has 0 spiro atoms. The molecule has 4 rings (SSSR count). The molecule has 0 unspecified atom stereocenters. The Bertz CT molecular complexity index is 1120. The van der Waals surface area contributed by atoms with E-state index in [1.54, 1.807) is 43.4 Å². The van der Waals surface area contributed by atoms with Crippen LogP contribution in [0.4, 0.5) is 0 Å². The van der Waals surface area contributed by atoms with Gasteiger partial charge in [0.25, 0.3) is 11.8 Å². The fourth-order valence-electron chi connectivity index (χ4n) is 3.72. The van der Waals surface area contributed by atoms with Crippen molar-refractivity contribution in [3.63, 3.8) is 0 Å². The number of amides is 2. The minimum atomic E-state index is -0.228.